The first-order chi connectivity index (χ1) is 10.4. The van der Waals surface area contributed by atoms with Crippen LogP contribution in [0.2, 0.25) is 0 Å². The quantitative estimate of drug-likeness (QED) is 0.444. The average Bonchev–Trinajstić information content (AvgIpc) is 2.53. The Morgan fingerprint density at radius 2 is 2.14 bits per heavy atom. The fraction of sp³-hybridized carbons (Fsp3) is 0.647. The van der Waals surface area contributed by atoms with Crippen molar-refractivity contribution in [1.29, 1.82) is 0 Å². The predicted octanol–water partition coefficient (Wildman–Crippen LogP) is 2.02. The van der Waals surface area contributed by atoms with Crippen LogP contribution in [-0.2, 0) is 23.8 Å². The molecule has 1 aliphatic heterocycles. The van der Waals surface area contributed by atoms with Crippen LogP contribution in [0, 0.1) is 17.3 Å². The molecule has 22 heavy (non-hydrogen) atoms. The maximum Gasteiger partial charge on any atom is 0.318 e. The molecule has 1 saturated heterocycles. The summed E-state index contributed by atoms with van der Waals surface area (Å²) in [4.78, 5) is 25.6. The molecule has 3 rings (SSSR count). The first-order valence-electron chi connectivity index (χ1n) is 7.60. The normalized spacial score (nSPS) is 40.8. The summed E-state index contributed by atoms with van der Waals surface area (Å²) in [6.07, 6.45) is 3.43. The summed E-state index contributed by atoms with van der Waals surface area (Å²) in [5.74, 6) is -2.30. The third-order valence-electron chi connectivity index (χ3n) is 5.66. The highest BCUT2D eigenvalue weighted by molar-refractivity contribution is 6.03. The molecule has 5 heteroatoms. The lowest BCUT2D eigenvalue weighted by atomic mass is 9.49. The molecule has 1 saturated carbocycles. The van der Waals surface area contributed by atoms with Crippen molar-refractivity contribution in [2.75, 3.05) is 20.8 Å². The number of carbonyl (C=O) groups excluding carboxylic acids is 2. The molecule has 2 fully saturated rings. The topological polar surface area (TPSA) is 61.8 Å². The fourth-order valence-electron chi connectivity index (χ4n) is 4.72. The highest BCUT2D eigenvalue weighted by Crippen LogP contribution is 2.62. The van der Waals surface area contributed by atoms with E-state index in [1.807, 2.05) is 6.92 Å². The molecule has 0 spiro atoms. The molecule has 0 aromatic heterocycles. The van der Waals surface area contributed by atoms with E-state index in [9.17, 15) is 9.59 Å². The number of esters is 1. The minimum atomic E-state index is -1.17. The maximum absolute atomic E-state index is 12.9. The molecule has 0 N–H and O–H groups in total. The van der Waals surface area contributed by atoms with E-state index in [1.54, 1.807) is 0 Å². The molecule has 0 unspecified atom stereocenters. The Kier molecular flexibility index (Phi) is 3.53. The van der Waals surface area contributed by atoms with Crippen molar-refractivity contribution >= 4 is 11.8 Å². The van der Waals surface area contributed by atoms with Gasteiger partial charge in [0.15, 0.2) is 11.6 Å². The number of rotatable bonds is 2. The van der Waals surface area contributed by atoms with E-state index in [-0.39, 0.29) is 18.1 Å². The summed E-state index contributed by atoms with van der Waals surface area (Å²) in [7, 11) is 2.88. The molecule has 0 bridgehead atoms. The van der Waals surface area contributed by atoms with Crippen LogP contribution in [0.25, 0.3) is 0 Å². The maximum atomic E-state index is 12.9. The zero-order valence-electron chi connectivity index (χ0n) is 13.3. The predicted molar refractivity (Wildman–Crippen MR) is 78.9 cm³/mol. The third-order valence-corrected chi connectivity index (χ3v) is 5.66. The van der Waals surface area contributed by atoms with Crippen LogP contribution in [-0.4, -0.2) is 38.4 Å². The number of allylic oxidation sites excluding steroid dienone is 2. The number of carbonyl (C=O) groups is 2. The first-order valence-corrected chi connectivity index (χ1v) is 7.60. The minimum Gasteiger partial charge on any atom is -0.468 e. The Balaban J connectivity index is 2.30. The second-order valence-electron chi connectivity index (χ2n) is 6.39. The van der Waals surface area contributed by atoms with Crippen molar-refractivity contribution < 1.29 is 23.8 Å². The van der Waals surface area contributed by atoms with E-state index >= 15 is 0 Å². The molecule has 0 aromatic rings. The van der Waals surface area contributed by atoms with E-state index in [0.29, 0.717) is 25.0 Å². The van der Waals surface area contributed by atoms with Crippen molar-refractivity contribution in [3.05, 3.63) is 23.8 Å². The number of ketones is 1. The van der Waals surface area contributed by atoms with Gasteiger partial charge in [0.1, 0.15) is 5.41 Å². The number of hydrogen-bond donors (Lipinski definition) is 0. The lowest BCUT2D eigenvalue weighted by Crippen LogP contribution is -2.71. The molecule has 1 heterocycles. The van der Waals surface area contributed by atoms with Gasteiger partial charge in [-0.05, 0) is 25.3 Å². The Morgan fingerprint density at radius 1 is 1.41 bits per heavy atom. The zero-order chi connectivity index (χ0) is 16.1. The fourth-order valence-corrected chi connectivity index (χ4v) is 4.72. The van der Waals surface area contributed by atoms with Gasteiger partial charge < -0.3 is 14.2 Å². The highest BCUT2D eigenvalue weighted by atomic mass is 16.7. The van der Waals surface area contributed by atoms with Crippen LogP contribution in [0.5, 0.6) is 0 Å². The van der Waals surface area contributed by atoms with Gasteiger partial charge in [-0.3, -0.25) is 9.59 Å². The number of methoxy groups -OCH3 is 2. The largest absolute Gasteiger partial charge is 0.468 e. The van der Waals surface area contributed by atoms with Gasteiger partial charge in [0.05, 0.1) is 13.7 Å². The monoisotopic (exact) mass is 306 g/mol. The SMILES string of the molecule is C=C1C[C@@]2(OC)OCC[C@@H]3C(C)=CC[C@@H](C1=O)[C@@]32C(=O)OC. The van der Waals surface area contributed by atoms with E-state index in [0.717, 1.165) is 5.57 Å². The van der Waals surface area contributed by atoms with E-state index in [2.05, 4.69) is 12.7 Å². The molecule has 3 aliphatic rings. The standard InChI is InChI=1S/C17H22O5/c1-10-5-6-13-14(18)11(2)9-16(21-4)17(13,15(19)20-3)12(10)7-8-22-16/h5,12-13H,2,6-9H2,1,3-4H3/t12-,13+,16-,17-/m1/s1. The molecular formula is C17H22O5. The van der Waals surface area contributed by atoms with Crippen molar-refractivity contribution in [1.82, 2.24) is 0 Å². The van der Waals surface area contributed by atoms with Gasteiger partial charge >= 0.3 is 5.97 Å². The smallest absolute Gasteiger partial charge is 0.318 e. The third kappa shape index (κ3) is 1.61. The number of ether oxygens (including phenoxy) is 3. The molecule has 0 radical (unpaired) electrons. The average molecular weight is 306 g/mol. The molecule has 2 aliphatic carbocycles. The van der Waals surface area contributed by atoms with Crippen LogP contribution < -0.4 is 0 Å². The summed E-state index contributed by atoms with van der Waals surface area (Å²) < 4.78 is 16.9. The second kappa shape index (κ2) is 5.03. The molecular weight excluding hydrogens is 284 g/mol. The summed E-state index contributed by atoms with van der Waals surface area (Å²) in [6.45, 7) is 6.37. The van der Waals surface area contributed by atoms with Gasteiger partial charge in [-0.25, -0.2) is 0 Å². The Labute approximate surface area is 130 Å². The summed E-state index contributed by atoms with van der Waals surface area (Å²) in [5.41, 5.74) is 0.443. The van der Waals surface area contributed by atoms with Crippen molar-refractivity contribution in [3.63, 3.8) is 0 Å². The second-order valence-corrected chi connectivity index (χ2v) is 6.39. The Hall–Kier alpha value is -1.46. The van der Waals surface area contributed by atoms with E-state index in [1.165, 1.54) is 14.2 Å². The summed E-state index contributed by atoms with van der Waals surface area (Å²) >= 11 is 0. The summed E-state index contributed by atoms with van der Waals surface area (Å²) in [5, 5.41) is 0. The first kappa shape index (κ1) is 15.4. The van der Waals surface area contributed by atoms with Crippen molar-refractivity contribution in [2.45, 2.75) is 32.0 Å². The zero-order valence-corrected chi connectivity index (χ0v) is 13.3. The lowest BCUT2D eigenvalue weighted by molar-refractivity contribution is -0.331. The van der Waals surface area contributed by atoms with Crippen LogP contribution in [0.4, 0.5) is 0 Å². The van der Waals surface area contributed by atoms with Crippen molar-refractivity contribution in [3.8, 4) is 0 Å². The Morgan fingerprint density at radius 3 is 2.77 bits per heavy atom. The number of Topliss-reactive ketones (excluding diaryl/α,β-unsaturated/α-hetero) is 1. The van der Waals surface area contributed by atoms with E-state index < -0.39 is 23.1 Å². The van der Waals surface area contributed by atoms with E-state index in [4.69, 9.17) is 14.2 Å². The van der Waals surface area contributed by atoms with Crippen LogP contribution in [0.15, 0.2) is 23.8 Å². The van der Waals surface area contributed by atoms with Gasteiger partial charge in [0.2, 0.25) is 0 Å². The molecule has 0 aromatic carbocycles. The summed E-state index contributed by atoms with van der Waals surface area (Å²) in [6, 6.07) is 0. The van der Waals surface area contributed by atoms with Crippen LogP contribution >= 0.6 is 0 Å². The molecule has 120 valence electrons. The Bertz CT molecular complexity index is 578. The minimum absolute atomic E-state index is 0.0719. The van der Waals surface area contributed by atoms with Gasteiger partial charge in [0, 0.05) is 25.4 Å². The van der Waals surface area contributed by atoms with Gasteiger partial charge in [-0.1, -0.05) is 18.2 Å². The lowest BCUT2D eigenvalue weighted by Gasteiger charge is -2.60. The number of hydrogen-bond acceptors (Lipinski definition) is 5. The van der Waals surface area contributed by atoms with Gasteiger partial charge in [-0.2, -0.15) is 0 Å². The molecule has 0 amide bonds. The highest BCUT2D eigenvalue weighted by Gasteiger charge is 2.73. The van der Waals surface area contributed by atoms with Crippen LogP contribution in [0.1, 0.15) is 26.2 Å². The van der Waals surface area contributed by atoms with Crippen LogP contribution in [0.3, 0.4) is 0 Å². The van der Waals surface area contributed by atoms with Crippen molar-refractivity contribution in [2.24, 2.45) is 17.3 Å². The molecule has 5 nitrogen and oxygen atoms in total. The van der Waals surface area contributed by atoms with Gasteiger partial charge in [0.25, 0.3) is 0 Å². The van der Waals surface area contributed by atoms with Gasteiger partial charge in [-0.15, -0.1) is 0 Å². The molecule has 4 atom stereocenters.